The molecule has 0 aromatic heterocycles. The van der Waals surface area contributed by atoms with Crippen molar-refractivity contribution >= 4 is 23.5 Å². The lowest BCUT2D eigenvalue weighted by Crippen LogP contribution is -2.52. The van der Waals surface area contributed by atoms with Crippen molar-refractivity contribution in [3.8, 4) is 5.75 Å². The number of carbonyl (C=O) groups is 1. The zero-order chi connectivity index (χ0) is 24.9. The van der Waals surface area contributed by atoms with Gasteiger partial charge in [-0.25, -0.2) is 4.39 Å². The Bertz CT molecular complexity index is 1150. The summed E-state index contributed by atoms with van der Waals surface area (Å²) < 4.78 is 19.1. The van der Waals surface area contributed by atoms with E-state index in [1.807, 2.05) is 37.3 Å². The van der Waals surface area contributed by atoms with E-state index in [-0.39, 0.29) is 11.7 Å². The highest BCUT2D eigenvalue weighted by molar-refractivity contribution is 6.06. The molecule has 2 aromatic carbocycles. The van der Waals surface area contributed by atoms with Crippen molar-refractivity contribution in [3.05, 3.63) is 90.2 Å². The quantitative estimate of drug-likeness (QED) is 0.615. The molecule has 178 valence electrons. The number of rotatable bonds is 7. The minimum atomic E-state index is -0.626. The summed E-state index contributed by atoms with van der Waals surface area (Å²) in [5.41, 5.74) is 8.36. The summed E-state index contributed by atoms with van der Waals surface area (Å²) >= 11 is 0. The molecular formula is C27H31FN4O2. The molecule has 3 rings (SSSR count). The largest absolute Gasteiger partial charge is 0.495 e. The van der Waals surface area contributed by atoms with E-state index in [4.69, 9.17) is 10.5 Å². The van der Waals surface area contributed by atoms with Crippen LogP contribution in [0.1, 0.15) is 38.3 Å². The van der Waals surface area contributed by atoms with Gasteiger partial charge >= 0.3 is 0 Å². The van der Waals surface area contributed by atoms with Crippen LogP contribution >= 0.6 is 0 Å². The van der Waals surface area contributed by atoms with Gasteiger partial charge in [0.2, 0.25) is 5.91 Å². The van der Waals surface area contributed by atoms with Crippen LogP contribution in [0.5, 0.6) is 5.75 Å². The molecule has 0 saturated carbocycles. The highest BCUT2D eigenvalue weighted by Gasteiger charge is 2.39. The first-order chi connectivity index (χ1) is 16.2. The molecule has 1 unspecified atom stereocenters. The third kappa shape index (κ3) is 5.20. The normalized spacial score (nSPS) is 18.6. The number of anilines is 1. The van der Waals surface area contributed by atoms with E-state index in [2.05, 4.69) is 11.6 Å². The maximum absolute atomic E-state index is 13.5. The summed E-state index contributed by atoms with van der Waals surface area (Å²) in [5.74, 6) is 0.761. The van der Waals surface area contributed by atoms with E-state index in [1.54, 1.807) is 48.4 Å². The number of carbonyl (C=O) groups excluding carboxylic acids is 1. The number of benzene rings is 2. The predicted octanol–water partition coefficient (Wildman–Crippen LogP) is 5.18. The van der Waals surface area contributed by atoms with Crippen molar-refractivity contribution in [1.82, 2.24) is 4.90 Å². The third-order valence-corrected chi connectivity index (χ3v) is 5.82. The van der Waals surface area contributed by atoms with Gasteiger partial charge in [0.15, 0.2) is 0 Å². The lowest BCUT2D eigenvalue weighted by atomic mass is 9.85. The van der Waals surface area contributed by atoms with E-state index < -0.39 is 5.54 Å². The van der Waals surface area contributed by atoms with Gasteiger partial charge in [0.1, 0.15) is 17.4 Å². The van der Waals surface area contributed by atoms with Crippen LogP contribution < -0.4 is 15.4 Å². The van der Waals surface area contributed by atoms with Crippen molar-refractivity contribution in [1.29, 1.82) is 0 Å². The number of halogens is 1. The summed E-state index contributed by atoms with van der Waals surface area (Å²) in [6, 6.07) is 12.0. The number of nitrogens with zero attached hydrogens (tertiary/aromatic N) is 3. The van der Waals surface area contributed by atoms with Gasteiger partial charge in [-0.1, -0.05) is 30.9 Å². The number of amides is 1. The molecule has 0 radical (unpaired) electrons. The second-order valence-corrected chi connectivity index (χ2v) is 8.35. The summed E-state index contributed by atoms with van der Waals surface area (Å²) in [6.45, 7) is 9.69. The zero-order valence-corrected chi connectivity index (χ0v) is 20.1. The van der Waals surface area contributed by atoms with Crippen LogP contribution in [0.25, 0.3) is 6.08 Å². The topological polar surface area (TPSA) is 71.2 Å². The van der Waals surface area contributed by atoms with Crippen molar-refractivity contribution in [2.45, 2.75) is 32.7 Å². The molecule has 0 bridgehead atoms. The van der Waals surface area contributed by atoms with Crippen LogP contribution in [0, 0.1) is 5.82 Å². The summed E-state index contributed by atoms with van der Waals surface area (Å²) in [6.07, 6.45) is 7.77. The molecule has 1 aliphatic rings. The molecule has 34 heavy (non-hydrogen) atoms. The lowest BCUT2D eigenvalue weighted by molar-refractivity contribution is -0.129. The molecular weight excluding hydrogens is 431 g/mol. The van der Waals surface area contributed by atoms with Crippen LogP contribution in [-0.4, -0.2) is 30.3 Å². The maximum Gasteiger partial charge on any atom is 0.225 e. The van der Waals surface area contributed by atoms with E-state index in [0.29, 0.717) is 30.2 Å². The van der Waals surface area contributed by atoms with Crippen molar-refractivity contribution < 1.29 is 13.9 Å². The molecule has 0 fully saturated rings. The number of allylic oxidation sites excluding steroid dienone is 1. The van der Waals surface area contributed by atoms with Gasteiger partial charge in [0, 0.05) is 31.6 Å². The van der Waals surface area contributed by atoms with Crippen LogP contribution in [0.3, 0.4) is 0 Å². The summed E-state index contributed by atoms with van der Waals surface area (Å²) in [7, 11) is 1.60. The Hall–Kier alpha value is -3.87. The number of aliphatic imine (C=N–C) groups is 1. The fraction of sp³-hybridized carbons (Fsp3) is 0.259. The number of nitrogens with two attached hydrogens (primary N) is 1. The first-order valence-electron chi connectivity index (χ1n) is 11.0. The Labute approximate surface area is 200 Å². The Kier molecular flexibility index (Phi) is 7.56. The van der Waals surface area contributed by atoms with Gasteiger partial charge < -0.3 is 15.4 Å². The van der Waals surface area contributed by atoms with Gasteiger partial charge in [-0.05, 0) is 61.7 Å². The van der Waals surface area contributed by atoms with Gasteiger partial charge in [-0.3, -0.25) is 14.7 Å². The van der Waals surface area contributed by atoms with Crippen LogP contribution in [0.2, 0.25) is 0 Å². The minimum absolute atomic E-state index is 0.131. The first kappa shape index (κ1) is 24.8. The Balaban J connectivity index is 1.94. The molecule has 6 nitrogen and oxygen atoms in total. The van der Waals surface area contributed by atoms with E-state index in [1.165, 1.54) is 19.1 Å². The second kappa shape index (κ2) is 10.4. The Morgan fingerprint density at radius 1 is 1.24 bits per heavy atom. The fourth-order valence-electron chi connectivity index (χ4n) is 4.16. The van der Waals surface area contributed by atoms with E-state index >= 15 is 0 Å². The number of ether oxygens (including phenoxy) is 1. The molecule has 2 N–H and O–H groups in total. The second-order valence-electron chi connectivity index (χ2n) is 8.35. The SMILES string of the molecule is C=CN(/C=C(/C)N)c1ccc(/C=C/C2=NCCC(C)(c3ccc(F)cc3)N2C(C)=O)cc1OC. The average Bonchev–Trinajstić information content (AvgIpc) is 2.81. The molecule has 0 aliphatic carbocycles. The smallest absolute Gasteiger partial charge is 0.225 e. The molecule has 1 atom stereocenters. The summed E-state index contributed by atoms with van der Waals surface area (Å²) in [5, 5.41) is 0. The predicted molar refractivity (Wildman–Crippen MR) is 136 cm³/mol. The van der Waals surface area contributed by atoms with Gasteiger partial charge in [0.05, 0.1) is 18.3 Å². The number of hydrogen-bond donors (Lipinski definition) is 1. The van der Waals surface area contributed by atoms with Crippen LogP contribution in [-0.2, 0) is 10.3 Å². The van der Waals surface area contributed by atoms with Crippen molar-refractivity contribution in [2.24, 2.45) is 10.7 Å². The van der Waals surface area contributed by atoms with E-state index in [9.17, 15) is 9.18 Å². The maximum atomic E-state index is 13.5. The highest BCUT2D eigenvalue weighted by atomic mass is 19.1. The van der Waals surface area contributed by atoms with E-state index in [0.717, 1.165) is 16.8 Å². The fourth-order valence-corrected chi connectivity index (χ4v) is 4.16. The van der Waals surface area contributed by atoms with Crippen molar-refractivity contribution in [3.63, 3.8) is 0 Å². The van der Waals surface area contributed by atoms with Gasteiger partial charge in [-0.2, -0.15) is 0 Å². The molecule has 1 amide bonds. The Morgan fingerprint density at radius 2 is 1.94 bits per heavy atom. The number of hydrogen-bond acceptors (Lipinski definition) is 5. The molecule has 0 saturated heterocycles. The van der Waals surface area contributed by atoms with Crippen LogP contribution in [0.4, 0.5) is 10.1 Å². The lowest BCUT2D eigenvalue weighted by Gasteiger charge is -2.43. The molecule has 2 aromatic rings. The number of amidine groups is 1. The average molecular weight is 463 g/mol. The van der Waals surface area contributed by atoms with Gasteiger partial charge in [-0.15, -0.1) is 0 Å². The summed E-state index contributed by atoms with van der Waals surface area (Å²) in [4.78, 5) is 20.8. The highest BCUT2D eigenvalue weighted by Crippen LogP contribution is 2.36. The molecule has 0 spiro atoms. The molecule has 1 heterocycles. The third-order valence-electron chi connectivity index (χ3n) is 5.82. The van der Waals surface area contributed by atoms with Crippen LogP contribution in [0.15, 0.2) is 78.2 Å². The number of methoxy groups -OCH3 is 1. The van der Waals surface area contributed by atoms with Gasteiger partial charge in [0.25, 0.3) is 0 Å². The molecule has 7 heteroatoms. The Morgan fingerprint density at radius 3 is 2.53 bits per heavy atom. The zero-order valence-electron chi connectivity index (χ0n) is 20.1. The standard InChI is InChI=1S/C27H31FN4O2/c1-6-31(18-19(2)29)24-13-7-21(17-25(24)34-5)8-14-26-30-16-15-27(4,32(26)20(3)33)22-9-11-23(28)12-10-22/h6-14,17-18H,1,15-16,29H2,2-5H3/b14-8+,19-18-. The molecule has 1 aliphatic heterocycles. The monoisotopic (exact) mass is 462 g/mol. The minimum Gasteiger partial charge on any atom is -0.495 e. The first-order valence-corrected chi connectivity index (χ1v) is 11.0. The van der Waals surface area contributed by atoms with Crippen molar-refractivity contribution in [2.75, 3.05) is 18.6 Å².